The molecule has 0 saturated heterocycles. The van der Waals surface area contributed by atoms with Crippen LogP contribution in [0.5, 0.6) is 0 Å². The Labute approximate surface area is 227 Å². The summed E-state index contributed by atoms with van der Waals surface area (Å²) in [6, 6.07) is 13.5. The lowest BCUT2D eigenvalue weighted by Crippen LogP contribution is -2.65. The van der Waals surface area contributed by atoms with Crippen molar-refractivity contribution in [2.75, 3.05) is 7.11 Å². The van der Waals surface area contributed by atoms with Crippen LogP contribution in [0.1, 0.15) is 57.5 Å². The molecule has 3 rings (SSSR count). The molecule has 1 aliphatic heterocycles. The van der Waals surface area contributed by atoms with Crippen LogP contribution in [0.15, 0.2) is 48.5 Å². The van der Waals surface area contributed by atoms with Crippen molar-refractivity contribution >= 4 is 29.7 Å². The number of esters is 3. The van der Waals surface area contributed by atoms with Gasteiger partial charge in [0.2, 0.25) is 0 Å². The van der Waals surface area contributed by atoms with Gasteiger partial charge in [-0.15, -0.1) is 5.06 Å². The second kappa shape index (κ2) is 11.8. The molecule has 39 heavy (non-hydrogen) atoms. The van der Waals surface area contributed by atoms with E-state index in [-0.39, 0.29) is 11.1 Å². The summed E-state index contributed by atoms with van der Waals surface area (Å²) in [5, 5.41) is 0.352. The van der Waals surface area contributed by atoms with Gasteiger partial charge in [-0.3, -0.25) is 28.8 Å². The van der Waals surface area contributed by atoms with Crippen LogP contribution in [0.4, 0.5) is 0 Å². The maximum Gasteiger partial charge on any atom is 0.328 e. The minimum absolute atomic E-state index is 0.128. The van der Waals surface area contributed by atoms with Gasteiger partial charge in [-0.2, -0.15) is 0 Å². The number of rotatable bonds is 9. The first-order valence-corrected chi connectivity index (χ1v) is 12.6. The first-order chi connectivity index (χ1) is 18.4. The van der Waals surface area contributed by atoms with E-state index in [4.69, 9.17) is 19.0 Å². The van der Waals surface area contributed by atoms with Crippen molar-refractivity contribution in [1.29, 1.82) is 0 Å². The number of amides is 2. The highest BCUT2D eigenvalue weighted by molar-refractivity contribution is 6.25. The lowest BCUT2D eigenvalue weighted by molar-refractivity contribution is -0.193. The Bertz CT molecular complexity index is 1250. The molecule has 1 atom stereocenters. The zero-order valence-corrected chi connectivity index (χ0v) is 23.0. The zero-order chi connectivity index (χ0) is 29.1. The Balaban J connectivity index is 2.48. The molecule has 0 N–H and O–H groups in total. The Hall–Kier alpha value is -4.05. The summed E-state index contributed by atoms with van der Waals surface area (Å²) in [6.45, 7) is 9.31. The predicted octanol–water partition coefficient (Wildman–Crippen LogP) is 3.61. The van der Waals surface area contributed by atoms with Crippen LogP contribution < -0.4 is 0 Å². The number of benzene rings is 2. The van der Waals surface area contributed by atoms with Crippen LogP contribution in [-0.2, 0) is 43.6 Å². The predicted molar refractivity (Wildman–Crippen MR) is 139 cm³/mol. The molecule has 0 spiro atoms. The Morgan fingerprint density at radius 2 is 1.28 bits per heavy atom. The zero-order valence-electron chi connectivity index (χ0n) is 23.0. The fraction of sp³-hybridized carbons (Fsp3) is 0.414. The molecule has 0 aliphatic carbocycles. The summed E-state index contributed by atoms with van der Waals surface area (Å²) in [5.74, 6) is -7.91. The highest BCUT2D eigenvalue weighted by atomic mass is 16.7. The third-order valence-corrected chi connectivity index (χ3v) is 5.94. The topological polar surface area (TPSA) is 126 Å². The number of hydroxylamine groups is 2. The number of hydrogen-bond donors (Lipinski definition) is 0. The van der Waals surface area contributed by atoms with E-state index in [9.17, 15) is 24.0 Å². The second-order valence-electron chi connectivity index (χ2n) is 9.88. The molecule has 208 valence electrons. The molecule has 0 fully saturated rings. The first-order valence-electron chi connectivity index (χ1n) is 12.6. The smallest absolute Gasteiger partial charge is 0.328 e. The number of nitrogens with zero attached hydrogens (tertiary/aromatic N) is 1. The minimum atomic E-state index is -2.70. The van der Waals surface area contributed by atoms with Gasteiger partial charge in [-0.1, -0.05) is 36.4 Å². The van der Waals surface area contributed by atoms with Crippen LogP contribution >= 0.6 is 0 Å². The molecule has 0 bridgehead atoms. The van der Waals surface area contributed by atoms with Gasteiger partial charge >= 0.3 is 17.9 Å². The van der Waals surface area contributed by atoms with Crippen LogP contribution in [0, 0.1) is 5.92 Å². The van der Waals surface area contributed by atoms with Crippen LogP contribution in [0.2, 0.25) is 0 Å². The van der Waals surface area contributed by atoms with E-state index in [1.807, 2.05) is 6.07 Å². The summed E-state index contributed by atoms with van der Waals surface area (Å²) >= 11 is 0. The van der Waals surface area contributed by atoms with Crippen molar-refractivity contribution in [3.8, 4) is 11.1 Å². The minimum Gasteiger partial charge on any atom is -0.462 e. The van der Waals surface area contributed by atoms with E-state index in [0.717, 1.165) is 7.11 Å². The summed E-state index contributed by atoms with van der Waals surface area (Å²) < 4.78 is 16.3. The van der Waals surface area contributed by atoms with E-state index >= 15 is 0 Å². The molecule has 2 amide bonds. The van der Waals surface area contributed by atoms with Gasteiger partial charge in [0, 0.05) is 5.56 Å². The van der Waals surface area contributed by atoms with E-state index in [2.05, 4.69) is 0 Å². The van der Waals surface area contributed by atoms with E-state index in [1.54, 1.807) is 71.9 Å². The molecule has 0 saturated carbocycles. The van der Waals surface area contributed by atoms with Gasteiger partial charge in [-0.25, -0.2) is 0 Å². The third-order valence-electron chi connectivity index (χ3n) is 5.94. The molecule has 1 unspecified atom stereocenters. The maximum atomic E-state index is 14.2. The van der Waals surface area contributed by atoms with Crippen molar-refractivity contribution < 1.29 is 43.0 Å². The lowest BCUT2D eigenvalue weighted by Gasteiger charge is -2.41. The monoisotopic (exact) mass is 539 g/mol. The van der Waals surface area contributed by atoms with E-state index < -0.39 is 59.4 Å². The van der Waals surface area contributed by atoms with Crippen molar-refractivity contribution in [2.45, 2.75) is 65.3 Å². The van der Waals surface area contributed by atoms with Crippen LogP contribution in [0.3, 0.4) is 0 Å². The molecule has 10 heteroatoms. The molecule has 0 radical (unpaired) electrons. The Morgan fingerprint density at radius 3 is 1.77 bits per heavy atom. The van der Waals surface area contributed by atoms with E-state index in [0.29, 0.717) is 16.2 Å². The van der Waals surface area contributed by atoms with Gasteiger partial charge in [0.1, 0.15) is 0 Å². The number of ether oxygens (including phenoxy) is 3. The standard InChI is InChI=1S/C29H33NO9/c1-16(2)37-25(32)23(26(33)38-17(3)4)29(28(35)39-18(5)6)22-15-20(19-11-9-8-10-12-19)13-14-21(22)24(31)30(36-7)27(29)34/h8-18,23H,1-7H3. The average Bonchev–Trinajstić information content (AvgIpc) is 2.85. The molecular formula is C29H33NO9. The highest BCUT2D eigenvalue weighted by Crippen LogP contribution is 2.45. The number of imide groups is 1. The largest absolute Gasteiger partial charge is 0.462 e. The summed E-state index contributed by atoms with van der Waals surface area (Å²) in [5.41, 5.74) is -1.80. The molecule has 1 heterocycles. The van der Waals surface area contributed by atoms with Crippen molar-refractivity contribution in [2.24, 2.45) is 5.92 Å². The number of hydrogen-bond acceptors (Lipinski definition) is 9. The summed E-state index contributed by atoms with van der Waals surface area (Å²) in [4.78, 5) is 74.0. The fourth-order valence-electron chi connectivity index (χ4n) is 4.46. The summed E-state index contributed by atoms with van der Waals surface area (Å²) in [6.07, 6.45) is -2.17. The van der Waals surface area contributed by atoms with Gasteiger partial charge in [0.15, 0.2) is 11.3 Å². The van der Waals surface area contributed by atoms with Gasteiger partial charge in [0.05, 0.1) is 25.4 Å². The maximum absolute atomic E-state index is 14.2. The fourth-order valence-corrected chi connectivity index (χ4v) is 4.46. The van der Waals surface area contributed by atoms with Gasteiger partial charge < -0.3 is 14.2 Å². The SMILES string of the molecule is CON1C(=O)c2ccc(-c3ccccc3)cc2C(C(=O)OC(C)C)(C(C(=O)OC(C)C)C(=O)OC(C)C)C1=O. The number of fused-ring (bicyclic) bond motifs is 1. The normalized spacial score (nSPS) is 17.1. The van der Waals surface area contributed by atoms with E-state index in [1.165, 1.54) is 12.1 Å². The van der Waals surface area contributed by atoms with Crippen molar-refractivity contribution in [3.05, 3.63) is 59.7 Å². The lowest BCUT2D eigenvalue weighted by atomic mass is 9.65. The van der Waals surface area contributed by atoms with Gasteiger partial charge in [-0.05, 0) is 70.4 Å². The number of carbonyl (C=O) groups is 5. The molecular weight excluding hydrogens is 506 g/mol. The molecule has 1 aliphatic rings. The Kier molecular flexibility index (Phi) is 8.91. The highest BCUT2D eigenvalue weighted by Gasteiger charge is 2.68. The molecule has 2 aromatic carbocycles. The van der Waals surface area contributed by atoms with Crippen molar-refractivity contribution in [3.63, 3.8) is 0 Å². The van der Waals surface area contributed by atoms with Gasteiger partial charge in [0.25, 0.3) is 11.8 Å². The van der Waals surface area contributed by atoms with Crippen molar-refractivity contribution in [1.82, 2.24) is 5.06 Å². The quantitative estimate of drug-likeness (QED) is 0.203. The first kappa shape index (κ1) is 29.5. The molecule has 10 nitrogen and oxygen atoms in total. The molecule has 2 aromatic rings. The number of carbonyl (C=O) groups excluding carboxylic acids is 5. The second-order valence-corrected chi connectivity index (χ2v) is 9.88. The Morgan fingerprint density at radius 1 is 0.744 bits per heavy atom. The van der Waals surface area contributed by atoms with Crippen LogP contribution in [-0.4, -0.2) is 60.2 Å². The third kappa shape index (κ3) is 5.56. The summed E-state index contributed by atoms with van der Waals surface area (Å²) in [7, 11) is 1.06. The average molecular weight is 540 g/mol. The van der Waals surface area contributed by atoms with Crippen LogP contribution in [0.25, 0.3) is 11.1 Å². The molecule has 0 aromatic heterocycles.